The van der Waals surface area contributed by atoms with Crippen LogP contribution in [0.15, 0.2) is 158 Å². The lowest BCUT2D eigenvalue weighted by molar-refractivity contribution is 1.20. The third-order valence-corrected chi connectivity index (χ3v) is 9.76. The SMILES string of the molecule is c1ccc(N(c2ccccc2)c2ccc(-n3c4ccccc4c4ccc5c6ccccc6sc5c43)c3ccccc23)cc1. The van der Waals surface area contributed by atoms with Crippen molar-refractivity contribution in [1.29, 1.82) is 0 Å². The second-order valence-electron chi connectivity index (χ2n) is 10.9. The number of nitrogens with zero attached hydrogens (tertiary/aromatic N) is 2. The van der Waals surface area contributed by atoms with Crippen LogP contribution in [0.25, 0.3) is 58.4 Å². The Morgan fingerprint density at radius 1 is 0.419 bits per heavy atom. The molecule has 0 atom stereocenters. The molecule has 9 rings (SSSR count). The van der Waals surface area contributed by atoms with Crippen molar-refractivity contribution in [3.05, 3.63) is 158 Å². The minimum Gasteiger partial charge on any atom is -0.310 e. The minimum atomic E-state index is 1.13. The van der Waals surface area contributed by atoms with Crippen molar-refractivity contribution >= 4 is 81.1 Å². The molecule has 7 aromatic carbocycles. The molecule has 0 N–H and O–H groups in total. The highest BCUT2D eigenvalue weighted by Crippen LogP contribution is 2.45. The summed E-state index contributed by atoms with van der Waals surface area (Å²) in [6.07, 6.45) is 0. The van der Waals surface area contributed by atoms with Gasteiger partial charge in [0.1, 0.15) is 0 Å². The van der Waals surface area contributed by atoms with Crippen molar-refractivity contribution in [2.45, 2.75) is 0 Å². The molecule has 2 aromatic heterocycles. The first-order valence-corrected chi connectivity index (χ1v) is 15.4. The largest absolute Gasteiger partial charge is 0.310 e. The molecule has 202 valence electrons. The lowest BCUT2D eigenvalue weighted by Crippen LogP contribution is -2.10. The van der Waals surface area contributed by atoms with Crippen molar-refractivity contribution in [2.24, 2.45) is 0 Å². The predicted octanol–water partition coefficient (Wildman–Crippen LogP) is 11.8. The topological polar surface area (TPSA) is 8.17 Å². The van der Waals surface area contributed by atoms with E-state index in [2.05, 4.69) is 167 Å². The second kappa shape index (κ2) is 9.59. The zero-order valence-electron chi connectivity index (χ0n) is 23.3. The van der Waals surface area contributed by atoms with Gasteiger partial charge in [0, 0.05) is 48.4 Å². The first kappa shape index (κ1) is 24.2. The lowest BCUT2D eigenvalue weighted by Gasteiger charge is -2.27. The molecule has 0 radical (unpaired) electrons. The molecule has 0 aliphatic rings. The fraction of sp³-hybridized carbons (Fsp3) is 0. The van der Waals surface area contributed by atoms with Gasteiger partial charge in [-0.2, -0.15) is 0 Å². The molecule has 2 nitrogen and oxygen atoms in total. The maximum atomic E-state index is 2.50. The summed E-state index contributed by atoms with van der Waals surface area (Å²) < 4.78 is 5.16. The van der Waals surface area contributed by atoms with E-state index in [0.717, 1.165) is 17.1 Å². The second-order valence-corrected chi connectivity index (χ2v) is 12.0. The highest BCUT2D eigenvalue weighted by Gasteiger charge is 2.21. The number of para-hydroxylation sites is 3. The van der Waals surface area contributed by atoms with Crippen LogP contribution in [0.3, 0.4) is 0 Å². The number of fused-ring (bicyclic) bond motifs is 8. The highest BCUT2D eigenvalue weighted by atomic mass is 32.1. The quantitative estimate of drug-likeness (QED) is 0.206. The van der Waals surface area contributed by atoms with Crippen molar-refractivity contribution in [1.82, 2.24) is 4.57 Å². The highest BCUT2D eigenvalue weighted by molar-refractivity contribution is 7.26. The van der Waals surface area contributed by atoms with Crippen LogP contribution in [0.5, 0.6) is 0 Å². The van der Waals surface area contributed by atoms with E-state index in [1.807, 2.05) is 11.3 Å². The van der Waals surface area contributed by atoms with Crippen molar-refractivity contribution in [2.75, 3.05) is 4.90 Å². The molecule has 0 unspecified atom stereocenters. The summed E-state index contributed by atoms with van der Waals surface area (Å²) in [5.41, 5.74) is 7.12. The first-order valence-electron chi connectivity index (χ1n) is 14.6. The van der Waals surface area contributed by atoms with E-state index >= 15 is 0 Å². The molecule has 9 aromatic rings. The van der Waals surface area contributed by atoms with Gasteiger partial charge in [0.2, 0.25) is 0 Å². The zero-order chi connectivity index (χ0) is 28.3. The monoisotopic (exact) mass is 566 g/mol. The van der Waals surface area contributed by atoms with Crippen LogP contribution >= 0.6 is 11.3 Å². The number of hydrogen-bond acceptors (Lipinski definition) is 2. The fourth-order valence-corrected chi connectivity index (χ4v) is 7.96. The molecule has 3 heteroatoms. The summed E-state index contributed by atoms with van der Waals surface area (Å²) in [6, 6.07) is 57.0. The van der Waals surface area contributed by atoms with Gasteiger partial charge < -0.3 is 9.47 Å². The Hall–Kier alpha value is -5.38. The number of rotatable bonds is 4. The molecule has 2 heterocycles. The molecule has 43 heavy (non-hydrogen) atoms. The van der Waals surface area contributed by atoms with Gasteiger partial charge in [0.05, 0.1) is 27.1 Å². The van der Waals surface area contributed by atoms with E-state index < -0.39 is 0 Å². The predicted molar refractivity (Wildman–Crippen MR) is 186 cm³/mol. The van der Waals surface area contributed by atoms with Gasteiger partial charge in [-0.3, -0.25) is 0 Å². The van der Waals surface area contributed by atoms with Crippen molar-refractivity contribution in [3.8, 4) is 5.69 Å². The zero-order valence-corrected chi connectivity index (χ0v) is 24.1. The van der Waals surface area contributed by atoms with E-state index in [1.54, 1.807) is 0 Å². The van der Waals surface area contributed by atoms with E-state index in [9.17, 15) is 0 Å². The van der Waals surface area contributed by atoms with Crippen molar-refractivity contribution in [3.63, 3.8) is 0 Å². The molecule has 0 bridgehead atoms. The van der Waals surface area contributed by atoms with E-state index in [0.29, 0.717) is 0 Å². The Morgan fingerprint density at radius 2 is 1.00 bits per heavy atom. The third-order valence-electron chi connectivity index (χ3n) is 8.57. The van der Waals surface area contributed by atoms with Crippen LogP contribution in [0.2, 0.25) is 0 Å². The number of anilines is 3. The molecule has 0 fully saturated rings. The molecule has 0 aliphatic heterocycles. The van der Waals surface area contributed by atoms with Gasteiger partial charge in [-0.25, -0.2) is 0 Å². The van der Waals surface area contributed by atoms with Crippen LogP contribution in [0.1, 0.15) is 0 Å². The Kier molecular flexibility index (Phi) is 5.40. The summed E-state index contributed by atoms with van der Waals surface area (Å²) in [5, 5.41) is 7.64. The van der Waals surface area contributed by atoms with E-state index in [-0.39, 0.29) is 0 Å². The van der Waals surface area contributed by atoms with E-state index in [1.165, 1.54) is 58.4 Å². The average Bonchev–Trinajstić information content (AvgIpc) is 3.62. The van der Waals surface area contributed by atoms with Gasteiger partial charge in [-0.1, -0.05) is 109 Å². The maximum absolute atomic E-state index is 2.50. The molecule has 0 amide bonds. The summed E-state index contributed by atoms with van der Waals surface area (Å²) in [5.74, 6) is 0. The number of aromatic nitrogens is 1. The number of thiophene rings is 1. The van der Waals surface area contributed by atoms with Gasteiger partial charge in [-0.15, -0.1) is 11.3 Å². The summed E-state index contributed by atoms with van der Waals surface area (Å²) in [6.45, 7) is 0. The molecular weight excluding hydrogens is 541 g/mol. The molecule has 0 aliphatic carbocycles. The normalized spacial score (nSPS) is 11.7. The average molecular weight is 567 g/mol. The number of benzene rings is 7. The minimum absolute atomic E-state index is 1.13. The Balaban J connectivity index is 1.39. The third kappa shape index (κ3) is 3.65. The van der Waals surface area contributed by atoms with Gasteiger partial charge in [-0.05, 0) is 48.5 Å². The summed E-state index contributed by atoms with van der Waals surface area (Å²) in [4.78, 5) is 2.36. The molecule has 0 saturated heterocycles. The van der Waals surface area contributed by atoms with Crippen LogP contribution in [-0.2, 0) is 0 Å². The Bertz CT molecular complexity index is 2410. The van der Waals surface area contributed by atoms with Gasteiger partial charge >= 0.3 is 0 Å². The molecule has 0 spiro atoms. The standard InChI is InChI=1S/C40H26N2S/c1-3-13-27(14-4-1)41(28-15-5-2-6-16-28)36-25-26-37(30-18-8-7-17-29(30)36)42-35-21-11-9-19-31(35)33-23-24-34-32-20-10-12-22-38(32)43-40(34)39(33)42/h1-26H. The van der Waals surface area contributed by atoms with Crippen LogP contribution in [0.4, 0.5) is 17.1 Å². The number of hydrogen-bond donors (Lipinski definition) is 0. The van der Waals surface area contributed by atoms with Crippen LogP contribution in [-0.4, -0.2) is 4.57 Å². The first-order chi connectivity index (χ1) is 21.4. The maximum Gasteiger partial charge on any atom is 0.0720 e. The molecular formula is C40H26N2S. The van der Waals surface area contributed by atoms with Crippen molar-refractivity contribution < 1.29 is 0 Å². The summed E-state index contributed by atoms with van der Waals surface area (Å²) >= 11 is 1.89. The molecule has 0 saturated carbocycles. The Morgan fingerprint density at radius 3 is 1.74 bits per heavy atom. The smallest absolute Gasteiger partial charge is 0.0720 e. The Labute approximate surface area is 253 Å². The fourth-order valence-electron chi connectivity index (χ4n) is 6.72. The van der Waals surface area contributed by atoms with E-state index in [4.69, 9.17) is 0 Å². The lowest BCUT2D eigenvalue weighted by atomic mass is 10.0. The van der Waals surface area contributed by atoms with Crippen LogP contribution in [0, 0.1) is 0 Å². The van der Waals surface area contributed by atoms with Gasteiger partial charge in [0.25, 0.3) is 0 Å². The van der Waals surface area contributed by atoms with Crippen LogP contribution < -0.4 is 4.90 Å². The summed E-state index contributed by atoms with van der Waals surface area (Å²) in [7, 11) is 0. The van der Waals surface area contributed by atoms with Gasteiger partial charge in [0.15, 0.2) is 0 Å².